The molecule has 0 aliphatic heterocycles. The van der Waals surface area contributed by atoms with Crippen LogP contribution < -0.4 is 5.73 Å². The second-order valence-corrected chi connectivity index (χ2v) is 3.84. The van der Waals surface area contributed by atoms with E-state index in [-0.39, 0.29) is 0 Å². The SMILES string of the molecule is CCCCCC/C=C\[C@@H]1CC1N. The molecular formula is C11H21N. The minimum absolute atomic E-state index is 0.483. The predicted molar refractivity (Wildman–Crippen MR) is 54.0 cm³/mol. The molecule has 0 aromatic carbocycles. The zero-order valence-corrected chi connectivity index (χ0v) is 8.13. The van der Waals surface area contributed by atoms with Gasteiger partial charge in [-0.1, -0.05) is 38.3 Å². The molecule has 0 heterocycles. The molecule has 12 heavy (non-hydrogen) atoms. The lowest BCUT2D eigenvalue weighted by Gasteiger charge is -1.93. The molecule has 1 rings (SSSR count). The minimum Gasteiger partial charge on any atom is -0.327 e. The molecule has 2 atom stereocenters. The normalized spacial score (nSPS) is 28.2. The molecule has 1 heteroatoms. The fourth-order valence-corrected chi connectivity index (χ4v) is 1.42. The molecule has 70 valence electrons. The summed E-state index contributed by atoms with van der Waals surface area (Å²) in [4.78, 5) is 0. The first-order valence-corrected chi connectivity index (χ1v) is 5.27. The van der Waals surface area contributed by atoms with Crippen molar-refractivity contribution in [2.45, 2.75) is 51.5 Å². The summed E-state index contributed by atoms with van der Waals surface area (Å²) in [7, 11) is 0. The first kappa shape index (κ1) is 9.79. The van der Waals surface area contributed by atoms with E-state index in [0.29, 0.717) is 6.04 Å². The van der Waals surface area contributed by atoms with Crippen molar-refractivity contribution in [3.05, 3.63) is 12.2 Å². The van der Waals surface area contributed by atoms with Gasteiger partial charge in [-0.15, -0.1) is 0 Å². The largest absolute Gasteiger partial charge is 0.327 e. The second kappa shape index (κ2) is 5.36. The van der Waals surface area contributed by atoms with Gasteiger partial charge in [0.15, 0.2) is 0 Å². The summed E-state index contributed by atoms with van der Waals surface area (Å²) in [5, 5.41) is 0. The Morgan fingerprint density at radius 2 is 2.08 bits per heavy atom. The molecule has 0 spiro atoms. The maximum Gasteiger partial charge on any atom is 0.0109 e. The van der Waals surface area contributed by atoms with Crippen molar-refractivity contribution in [3.8, 4) is 0 Å². The Kier molecular flexibility index (Phi) is 4.37. The number of hydrogen-bond acceptors (Lipinski definition) is 1. The lowest BCUT2D eigenvalue weighted by molar-refractivity contribution is 0.673. The third kappa shape index (κ3) is 3.91. The minimum atomic E-state index is 0.483. The maximum atomic E-state index is 5.68. The molecule has 1 aliphatic rings. The zero-order chi connectivity index (χ0) is 8.81. The van der Waals surface area contributed by atoms with E-state index in [1.165, 1.54) is 38.5 Å². The number of allylic oxidation sites excluding steroid dienone is 1. The van der Waals surface area contributed by atoms with Crippen LogP contribution in [0.25, 0.3) is 0 Å². The Hall–Kier alpha value is -0.300. The maximum absolute atomic E-state index is 5.68. The number of hydrogen-bond donors (Lipinski definition) is 1. The Balaban J connectivity index is 1.85. The first-order chi connectivity index (χ1) is 5.84. The van der Waals surface area contributed by atoms with Gasteiger partial charge in [0.1, 0.15) is 0 Å². The Labute approximate surface area is 76.0 Å². The van der Waals surface area contributed by atoms with Gasteiger partial charge in [-0.3, -0.25) is 0 Å². The van der Waals surface area contributed by atoms with Gasteiger partial charge in [-0.2, -0.15) is 0 Å². The van der Waals surface area contributed by atoms with Gasteiger partial charge in [-0.25, -0.2) is 0 Å². The van der Waals surface area contributed by atoms with E-state index in [4.69, 9.17) is 5.73 Å². The van der Waals surface area contributed by atoms with Crippen molar-refractivity contribution >= 4 is 0 Å². The van der Waals surface area contributed by atoms with Crippen LogP contribution in [0.3, 0.4) is 0 Å². The van der Waals surface area contributed by atoms with E-state index in [2.05, 4.69) is 19.1 Å². The molecule has 1 unspecified atom stereocenters. The van der Waals surface area contributed by atoms with Gasteiger partial charge < -0.3 is 5.73 Å². The van der Waals surface area contributed by atoms with Gasteiger partial charge >= 0.3 is 0 Å². The molecular weight excluding hydrogens is 146 g/mol. The monoisotopic (exact) mass is 167 g/mol. The van der Waals surface area contributed by atoms with Crippen molar-refractivity contribution in [2.24, 2.45) is 11.7 Å². The average molecular weight is 167 g/mol. The fraction of sp³-hybridized carbons (Fsp3) is 0.818. The van der Waals surface area contributed by atoms with Crippen LogP contribution in [0, 0.1) is 5.92 Å². The van der Waals surface area contributed by atoms with Gasteiger partial charge in [-0.05, 0) is 25.2 Å². The van der Waals surface area contributed by atoms with E-state index in [1.54, 1.807) is 0 Å². The smallest absolute Gasteiger partial charge is 0.0109 e. The first-order valence-electron chi connectivity index (χ1n) is 5.27. The van der Waals surface area contributed by atoms with E-state index in [0.717, 1.165) is 5.92 Å². The van der Waals surface area contributed by atoms with Gasteiger partial charge in [0.25, 0.3) is 0 Å². The fourth-order valence-electron chi connectivity index (χ4n) is 1.42. The highest BCUT2D eigenvalue weighted by atomic mass is 14.7. The van der Waals surface area contributed by atoms with Crippen molar-refractivity contribution in [2.75, 3.05) is 0 Å². The van der Waals surface area contributed by atoms with Crippen LogP contribution in [-0.2, 0) is 0 Å². The predicted octanol–water partition coefficient (Wildman–Crippen LogP) is 2.86. The van der Waals surface area contributed by atoms with Crippen molar-refractivity contribution in [3.63, 3.8) is 0 Å². The standard InChI is InChI=1S/C11H21N/c1-2-3-4-5-6-7-8-10-9-11(10)12/h7-8,10-11H,2-6,9,12H2,1H3/b8-7-/t10-,11?/m1/s1. The Bertz CT molecular complexity index is 140. The average Bonchev–Trinajstić information content (AvgIpc) is 2.74. The zero-order valence-electron chi connectivity index (χ0n) is 8.13. The molecule has 0 aromatic rings. The van der Waals surface area contributed by atoms with Crippen LogP contribution in [0.5, 0.6) is 0 Å². The van der Waals surface area contributed by atoms with Crippen LogP contribution in [-0.4, -0.2) is 6.04 Å². The molecule has 1 fully saturated rings. The third-order valence-corrected chi connectivity index (χ3v) is 2.50. The van der Waals surface area contributed by atoms with Crippen LogP contribution in [0.4, 0.5) is 0 Å². The Morgan fingerprint density at radius 1 is 1.33 bits per heavy atom. The van der Waals surface area contributed by atoms with Crippen LogP contribution >= 0.6 is 0 Å². The summed E-state index contributed by atoms with van der Waals surface area (Å²) in [6, 6.07) is 0.483. The van der Waals surface area contributed by atoms with E-state index >= 15 is 0 Å². The highest BCUT2D eigenvalue weighted by molar-refractivity contribution is 5.04. The molecule has 0 saturated heterocycles. The van der Waals surface area contributed by atoms with Crippen LogP contribution in [0.15, 0.2) is 12.2 Å². The van der Waals surface area contributed by atoms with Crippen molar-refractivity contribution in [1.82, 2.24) is 0 Å². The molecule has 1 saturated carbocycles. The molecule has 0 radical (unpaired) electrons. The Morgan fingerprint density at radius 3 is 2.67 bits per heavy atom. The van der Waals surface area contributed by atoms with Crippen LogP contribution in [0.2, 0.25) is 0 Å². The van der Waals surface area contributed by atoms with Gasteiger partial charge in [0, 0.05) is 6.04 Å². The molecule has 0 aromatic heterocycles. The molecule has 0 bridgehead atoms. The van der Waals surface area contributed by atoms with E-state index in [1.807, 2.05) is 0 Å². The topological polar surface area (TPSA) is 26.0 Å². The quantitative estimate of drug-likeness (QED) is 0.478. The lowest BCUT2D eigenvalue weighted by Crippen LogP contribution is -1.99. The summed E-state index contributed by atoms with van der Waals surface area (Å²) >= 11 is 0. The molecule has 2 N–H and O–H groups in total. The molecule has 0 amide bonds. The lowest BCUT2D eigenvalue weighted by atomic mass is 10.1. The summed E-state index contributed by atoms with van der Waals surface area (Å²) in [5.41, 5.74) is 5.68. The molecule has 1 nitrogen and oxygen atoms in total. The highest BCUT2D eigenvalue weighted by Crippen LogP contribution is 2.29. The van der Waals surface area contributed by atoms with E-state index in [9.17, 15) is 0 Å². The summed E-state index contributed by atoms with van der Waals surface area (Å²) < 4.78 is 0. The highest BCUT2D eigenvalue weighted by Gasteiger charge is 2.29. The summed E-state index contributed by atoms with van der Waals surface area (Å²) in [6.45, 7) is 2.25. The van der Waals surface area contributed by atoms with E-state index < -0.39 is 0 Å². The second-order valence-electron chi connectivity index (χ2n) is 3.84. The van der Waals surface area contributed by atoms with Gasteiger partial charge in [0.2, 0.25) is 0 Å². The van der Waals surface area contributed by atoms with Crippen molar-refractivity contribution < 1.29 is 0 Å². The number of nitrogens with two attached hydrogens (primary N) is 1. The van der Waals surface area contributed by atoms with Gasteiger partial charge in [0.05, 0.1) is 0 Å². The van der Waals surface area contributed by atoms with Crippen LogP contribution in [0.1, 0.15) is 45.4 Å². The summed E-state index contributed by atoms with van der Waals surface area (Å²) in [5.74, 6) is 0.719. The summed E-state index contributed by atoms with van der Waals surface area (Å²) in [6.07, 6.45) is 12.5. The number of unbranched alkanes of at least 4 members (excludes halogenated alkanes) is 4. The molecule has 1 aliphatic carbocycles. The van der Waals surface area contributed by atoms with Crippen molar-refractivity contribution in [1.29, 1.82) is 0 Å². The number of rotatable bonds is 6. The third-order valence-electron chi connectivity index (χ3n) is 2.50.